The standard InChI is InChI=1S/C18H22O2S/c1-11(2)15-9-13(19)5-7-17(15)21-18-8-6-14(20)10-16(18)12(3)4/h5-12,19-20H,1-4H3. The number of hydrogen-bond acceptors (Lipinski definition) is 3. The zero-order chi connectivity index (χ0) is 15.6. The maximum Gasteiger partial charge on any atom is 0.115 e. The van der Waals surface area contributed by atoms with E-state index in [1.165, 1.54) is 0 Å². The van der Waals surface area contributed by atoms with Crippen LogP contribution in [0.25, 0.3) is 0 Å². The Kier molecular flexibility index (Phi) is 4.84. The third-order valence-electron chi connectivity index (χ3n) is 3.45. The van der Waals surface area contributed by atoms with Gasteiger partial charge in [-0.3, -0.25) is 0 Å². The van der Waals surface area contributed by atoms with E-state index in [1.54, 1.807) is 23.9 Å². The van der Waals surface area contributed by atoms with Crippen molar-refractivity contribution < 1.29 is 10.2 Å². The van der Waals surface area contributed by atoms with Crippen molar-refractivity contribution in [2.24, 2.45) is 0 Å². The summed E-state index contributed by atoms with van der Waals surface area (Å²) in [5.74, 6) is 1.30. The minimum Gasteiger partial charge on any atom is -0.508 e. The fraction of sp³-hybridized carbons (Fsp3) is 0.333. The first kappa shape index (κ1) is 15.8. The van der Waals surface area contributed by atoms with Crippen LogP contribution in [0.5, 0.6) is 11.5 Å². The average molecular weight is 302 g/mol. The minimum absolute atomic E-state index is 0.304. The van der Waals surface area contributed by atoms with Crippen LogP contribution >= 0.6 is 11.8 Å². The molecule has 0 spiro atoms. The molecule has 0 aliphatic carbocycles. The predicted octanol–water partition coefficient (Wildman–Crippen LogP) is 5.50. The smallest absolute Gasteiger partial charge is 0.115 e. The fourth-order valence-electron chi connectivity index (χ4n) is 2.28. The number of benzene rings is 2. The van der Waals surface area contributed by atoms with E-state index in [1.807, 2.05) is 24.3 Å². The van der Waals surface area contributed by atoms with Crippen LogP contribution < -0.4 is 0 Å². The lowest BCUT2D eigenvalue weighted by molar-refractivity contribution is 0.473. The summed E-state index contributed by atoms with van der Waals surface area (Å²) in [6, 6.07) is 11.1. The van der Waals surface area contributed by atoms with Crippen molar-refractivity contribution in [2.45, 2.75) is 49.3 Å². The van der Waals surface area contributed by atoms with Crippen molar-refractivity contribution in [3.63, 3.8) is 0 Å². The molecule has 21 heavy (non-hydrogen) atoms. The van der Waals surface area contributed by atoms with Crippen LogP contribution in [0, 0.1) is 0 Å². The van der Waals surface area contributed by atoms with Crippen LogP contribution in [0.1, 0.15) is 50.7 Å². The van der Waals surface area contributed by atoms with E-state index in [-0.39, 0.29) is 0 Å². The molecule has 0 radical (unpaired) electrons. The van der Waals surface area contributed by atoms with Gasteiger partial charge in [0.25, 0.3) is 0 Å². The van der Waals surface area contributed by atoms with Gasteiger partial charge < -0.3 is 10.2 Å². The number of phenolic OH excluding ortho intramolecular Hbond substituents is 2. The Bertz CT molecular complexity index is 578. The highest BCUT2D eigenvalue weighted by molar-refractivity contribution is 7.99. The molecule has 2 nitrogen and oxygen atoms in total. The molecule has 0 amide bonds. The minimum atomic E-state index is 0.304. The highest BCUT2D eigenvalue weighted by Gasteiger charge is 2.13. The molecular weight excluding hydrogens is 280 g/mol. The van der Waals surface area contributed by atoms with E-state index in [0.717, 1.165) is 20.9 Å². The van der Waals surface area contributed by atoms with Gasteiger partial charge in [0.2, 0.25) is 0 Å². The van der Waals surface area contributed by atoms with Gasteiger partial charge in [0.15, 0.2) is 0 Å². The number of aromatic hydroxyl groups is 2. The lowest BCUT2D eigenvalue weighted by Crippen LogP contribution is -1.94. The molecule has 0 saturated heterocycles. The van der Waals surface area contributed by atoms with Crippen LogP contribution in [-0.4, -0.2) is 10.2 Å². The lowest BCUT2D eigenvalue weighted by atomic mass is 10.0. The Morgan fingerprint density at radius 3 is 1.43 bits per heavy atom. The van der Waals surface area contributed by atoms with Gasteiger partial charge in [-0.2, -0.15) is 0 Å². The molecule has 0 aliphatic rings. The van der Waals surface area contributed by atoms with Gasteiger partial charge in [0, 0.05) is 9.79 Å². The average Bonchev–Trinajstić information content (AvgIpc) is 2.42. The van der Waals surface area contributed by atoms with Gasteiger partial charge in [-0.05, 0) is 59.4 Å². The second kappa shape index (κ2) is 6.44. The molecule has 0 bridgehead atoms. The molecule has 0 heterocycles. The summed E-state index contributed by atoms with van der Waals surface area (Å²) in [5.41, 5.74) is 2.28. The summed E-state index contributed by atoms with van der Waals surface area (Å²) in [5, 5.41) is 19.4. The van der Waals surface area contributed by atoms with E-state index >= 15 is 0 Å². The topological polar surface area (TPSA) is 40.5 Å². The zero-order valence-electron chi connectivity index (χ0n) is 12.9. The van der Waals surface area contributed by atoms with Crippen LogP contribution in [0.2, 0.25) is 0 Å². The van der Waals surface area contributed by atoms with E-state index in [2.05, 4.69) is 27.7 Å². The van der Waals surface area contributed by atoms with Crippen molar-refractivity contribution in [2.75, 3.05) is 0 Å². The summed E-state index contributed by atoms with van der Waals surface area (Å²) < 4.78 is 0. The van der Waals surface area contributed by atoms with Gasteiger partial charge in [0.05, 0.1) is 0 Å². The first-order valence-corrected chi connectivity index (χ1v) is 8.03. The summed E-state index contributed by atoms with van der Waals surface area (Å²) in [4.78, 5) is 2.30. The second-order valence-electron chi connectivity index (χ2n) is 5.86. The van der Waals surface area contributed by atoms with Crippen molar-refractivity contribution in [1.29, 1.82) is 0 Å². The van der Waals surface area contributed by atoms with Crippen molar-refractivity contribution in [3.8, 4) is 11.5 Å². The fourth-order valence-corrected chi connectivity index (χ4v) is 3.61. The Labute approximate surface area is 130 Å². The maximum atomic E-state index is 9.69. The van der Waals surface area contributed by atoms with Crippen LogP contribution in [0.3, 0.4) is 0 Å². The quantitative estimate of drug-likeness (QED) is 0.784. The molecule has 0 saturated carbocycles. The number of hydrogen-bond donors (Lipinski definition) is 2. The molecule has 2 aromatic carbocycles. The molecule has 0 atom stereocenters. The maximum absolute atomic E-state index is 9.69. The van der Waals surface area contributed by atoms with Crippen LogP contribution in [0.4, 0.5) is 0 Å². The van der Waals surface area contributed by atoms with E-state index < -0.39 is 0 Å². The van der Waals surface area contributed by atoms with Crippen molar-refractivity contribution in [1.82, 2.24) is 0 Å². The molecule has 0 aromatic heterocycles. The van der Waals surface area contributed by atoms with Gasteiger partial charge in [0.1, 0.15) is 11.5 Å². The molecule has 2 N–H and O–H groups in total. The zero-order valence-corrected chi connectivity index (χ0v) is 13.7. The molecule has 3 heteroatoms. The summed E-state index contributed by atoms with van der Waals surface area (Å²) >= 11 is 1.69. The predicted molar refractivity (Wildman–Crippen MR) is 88.5 cm³/mol. The largest absolute Gasteiger partial charge is 0.508 e. The SMILES string of the molecule is CC(C)c1cc(O)ccc1Sc1ccc(O)cc1C(C)C. The van der Waals surface area contributed by atoms with Crippen molar-refractivity contribution in [3.05, 3.63) is 47.5 Å². The number of rotatable bonds is 4. The first-order valence-electron chi connectivity index (χ1n) is 7.22. The third kappa shape index (κ3) is 3.73. The Hall–Kier alpha value is -1.61. The highest BCUT2D eigenvalue weighted by atomic mass is 32.2. The molecule has 112 valence electrons. The van der Waals surface area contributed by atoms with Gasteiger partial charge in [-0.25, -0.2) is 0 Å². The van der Waals surface area contributed by atoms with E-state index in [4.69, 9.17) is 0 Å². The van der Waals surface area contributed by atoms with Crippen LogP contribution in [-0.2, 0) is 0 Å². The highest BCUT2D eigenvalue weighted by Crippen LogP contribution is 2.40. The molecule has 2 rings (SSSR count). The van der Waals surface area contributed by atoms with Gasteiger partial charge >= 0.3 is 0 Å². The molecule has 0 aliphatic heterocycles. The normalized spacial score (nSPS) is 11.3. The Balaban J connectivity index is 2.43. The summed E-state index contributed by atoms with van der Waals surface area (Å²) in [6.45, 7) is 8.50. The van der Waals surface area contributed by atoms with E-state index in [9.17, 15) is 10.2 Å². The number of phenols is 2. The molecule has 0 unspecified atom stereocenters. The van der Waals surface area contributed by atoms with Crippen LogP contribution in [0.15, 0.2) is 46.2 Å². The van der Waals surface area contributed by atoms with Crippen molar-refractivity contribution >= 4 is 11.8 Å². The molecule has 2 aromatic rings. The monoisotopic (exact) mass is 302 g/mol. The van der Waals surface area contributed by atoms with Gasteiger partial charge in [-0.15, -0.1) is 0 Å². The van der Waals surface area contributed by atoms with E-state index in [0.29, 0.717) is 23.3 Å². The summed E-state index contributed by atoms with van der Waals surface area (Å²) in [7, 11) is 0. The third-order valence-corrected chi connectivity index (χ3v) is 4.63. The Morgan fingerprint density at radius 1 is 0.714 bits per heavy atom. The first-order chi connectivity index (χ1) is 9.88. The second-order valence-corrected chi connectivity index (χ2v) is 6.94. The lowest BCUT2D eigenvalue weighted by Gasteiger charge is -2.16. The molecular formula is C18H22O2S. The Morgan fingerprint density at radius 2 is 1.10 bits per heavy atom. The van der Waals surface area contributed by atoms with Gasteiger partial charge in [-0.1, -0.05) is 39.5 Å². The molecule has 0 fully saturated rings. The summed E-state index contributed by atoms with van der Waals surface area (Å²) in [6.07, 6.45) is 0.